The summed E-state index contributed by atoms with van der Waals surface area (Å²) in [6.07, 6.45) is 2.93. The molecule has 1 aromatic heterocycles. The largest absolute Gasteiger partial charge is 0.369 e. The molecule has 0 aromatic carbocycles. The van der Waals surface area contributed by atoms with Crippen LogP contribution in [0, 0.1) is 0 Å². The van der Waals surface area contributed by atoms with E-state index in [9.17, 15) is 0 Å². The third-order valence-electron chi connectivity index (χ3n) is 1.66. The second-order valence-corrected chi connectivity index (χ2v) is 2.86. The summed E-state index contributed by atoms with van der Waals surface area (Å²) in [6, 6.07) is 0. The van der Waals surface area contributed by atoms with Crippen molar-refractivity contribution in [2.75, 3.05) is 11.9 Å². The first-order valence-electron chi connectivity index (χ1n) is 3.36. The summed E-state index contributed by atoms with van der Waals surface area (Å²) < 4.78 is 1.95. The molecule has 2 heterocycles. The van der Waals surface area contributed by atoms with Gasteiger partial charge in [0.25, 0.3) is 0 Å². The predicted molar refractivity (Wildman–Crippen MR) is 42.6 cm³/mol. The highest BCUT2D eigenvalue weighted by atomic mass is 32.1. The number of nitrogens with one attached hydrogen (secondary N) is 1. The van der Waals surface area contributed by atoms with Gasteiger partial charge in [-0.05, 0) is 6.42 Å². The van der Waals surface area contributed by atoms with Gasteiger partial charge >= 0.3 is 0 Å². The lowest BCUT2D eigenvalue weighted by Crippen LogP contribution is -2.17. The molecule has 0 spiro atoms. The first-order valence-corrected chi connectivity index (χ1v) is 3.81. The summed E-state index contributed by atoms with van der Waals surface area (Å²) in [5.74, 6) is 1.06. The average Bonchev–Trinajstić information content (AvgIpc) is 2.34. The molecule has 0 atom stereocenters. The van der Waals surface area contributed by atoms with Gasteiger partial charge in [-0.15, -0.1) is 12.6 Å². The number of aryl methyl sites for hydroxylation is 1. The highest BCUT2D eigenvalue weighted by molar-refractivity contribution is 7.80. The molecule has 0 bridgehead atoms. The zero-order chi connectivity index (χ0) is 6.97. The molecule has 1 N–H and O–H groups in total. The van der Waals surface area contributed by atoms with E-state index in [1.165, 1.54) is 0 Å². The van der Waals surface area contributed by atoms with Gasteiger partial charge in [0.1, 0.15) is 5.82 Å². The molecule has 0 radical (unpaired) electrons. The third-order valence-corrected chi connectivity index (χ3v) is 1.99. The molecule has 0 amide bonds. The van der Waals surface area contributed by atoms with E-state index in [2.05, 4.69) is 23.0 Å². The second kappa shape index (κ2) is 2.20. The van der Waals surface area contributed by atoms with Crippen LogP contribution in [0.25, 0.3) is 0 Å². The number of anilines is 1. The van der Waals surface area contributed by atoms with Crippen LogP contribution in [-0.2, 0) is 6.54 Å². The Balaban J connectivity index is 2.45. The van der Waals surface area contributed by atoms with Crippen LogP contribution in [0.1, 0.15) is 6.42 Å². The van der Waals surface area contributed by atoms with Gasteiger partial charge in [0.05, 0.1) is 11.1 Å². The normalized spacial score (nSPS) is 16.1. The lowest BCUT2D eigenvalue weighted by molar-refractivity contribution is 0.566. The minimum atomic E-state index is 0.944. The Kier molecular flexibility index (Phi) is 1.34. The van der Waals surface area contributed by atoms with Crippen LogP contribution < -0.4 is 5.32 Å². The molecule has 1 aliphatic heterocycles. The Labute approximate surface area is 64.8 Å². The summed E-state index contributed by atoms with van der Waals surface area (Å²) >= 11 is 4.24. The topological polar surface area (TPSA) is 29.9 Å². The van der Waals surface area contributed by atoms with Crippen molar-refractivity contribution < 1.29 is 0 Å². The Hall–Kier alpha value is -0.640. The van der Waals surface area contributed by atoms with Crippen molar-refractivity contribution in [1.82, 2.24) is 9.78 Å². The SMILES string of the molecule is Sc1cnn2c1NCCC2. The summed E-state index contributed by atoms with van der Waals surface area (Å²) in [7, 11) is 0. The zero-order valence-electron chi connectivity index (χ0n) is 5.54. The van der Waals surface area contributed by atoms with Crippen LogP contribution in [0.2, 0.25) is 0 Å². The fourth-order valence-corrected chi connectivity index (χ4v) is 1.41. The number of hydrogen-bond donors (Lipinski definition) is 2. The molecule has 0 unspecified atom stereocenters. The number of hydrogen-bond acceptors (Lipinski definition) is 3. The van der Waals surface area contributed by atoms with Crippen LogP contribution >= 0.6 is 12.6 Å². The Morgan fingerprint density at radius 1 is 1.70 bits per heavy atom. The first-order chi connectivity index (χ1) is 4.88. The molecular formula is C6H9N3S. The van der Waals surface area contributed by atoms with Gasteiger partial charge in [0.15, 0.2) is 0 Å². The fraction of sp³-hybridized carbons (Fsp3) is 0.500. The van der Waals surface area contributed by atoms with Crippen molar-refractivity contribution in [2.45, 2.75) is 17.9 Å². The van der Waals surface area contributed by atoms with E-state index in [4.69, 9.17) is 0 Å². The number of nitrogens with zero attached hydrogens (tertiary/aromatic N) is 2. The smallest absolute Gasteiger partial charge is 0.137 e. The Morgan fingerprint density at radius 3 is 3.40 bits per heavy atom. The lowest BCUT2D eigenvalue weighted by Gasteiger charge is -2.15. The Bertz CT molecular complexity index is 243. The van der Waals surface area contributed by atoms with Gasteiger partial charge in [-0.3, -0.25) is 0 Å². The maximum absolute atomic E-state index is 4.24. The number of aromatic nitrogens is 2. The van der Waals surface area contributed by atoms with Crippen molar-refractivity contribution in [1.29, 1.82) is 0 Å². The minimum absolute atomic E-state index is 0.944. The predicted octanol–water partition coefficient (Wildman–Crippen LogP) is 0.987. The number of thiol groups is 1. The van der Waals surface area contributed by atoms with E-state index in [0.29, 0.717) is 0 Å². The molecule has 1 aliphatic rings. The standard InChI is InChI=1S/C6H9N3S/c10-5-4-8-9-3-1-2-7-6(5)9/h4,7,10H,1-3H2. The third kappa shape index (κ3) is 0.794. The summed E-state index contributed by atoms with van der Waals surface area (Å²) in [4.78, 5) is 0.944. The average molecular weight is 155 g/mol. The van der Waals surface area contributed by atoms with E-state index in [1.54, 1.807) is 6.20 Å². The molecule has 54 valence electrons. The van der Waals surface area contributed by atoms with E-state index in [0.717, 1.165) is 30.2 Å². The minimum Gasteiger partial charge on any atom is -0.369 e. The van der Waals surface area contributed by atoms with Crippen LogP contribution in [-0.4, -0.2) is 16.3 Å². The number of fused-ring (bicyclic) bond motifs is 1. The van der Waals surface area contributed by atoms with Crippen molar-refractivity contribution in [3.63, 3.8) is 0 Å². The summed E-state index contributed by atoms with van der Waals surface area (Å²) in [5, 5.41) is 7.37. The zero-order valence-corrected chi connectivity index (χ0v) is 6.43. The molecule has 10 heavy (non-hydrogen) atoms. The highest BCUT2D eigenvalue weighted by Crippen LogP contribution is 2.21. The molecule has 2 rings (SSSR count). The molecule has 0 fully saturated rings. The van der Waals surface area contributed by atoms with Crippen molar-refractivity contribution in [3.05, 3.63) is 6.20 Å². The van der Waals surface area contributed by atoms with Gasteiger partial charge in [-0.1, -0.05) is 0 Å². The highest BCUT2D eigenvalue weighted by Gasteiger charge is 2.10. The van der Waals surface area contributed by atoms with Crippen LogP contribution in [0.3, 0.4) is 0 Å². The molecule has 0 saturated heterocycles. The molecule has 0 saturated carbocycles. The van der Waals surface area contributed by atoms with E-state index in [1.807, 2.05) is 4.68 Å². The van der Waals surface area contributed by atoms with Crippen LogP contribution in [0.15, 0.2) is 11.1 Å². The lowest BCUT2D eigenvalue weighted by atomic mass is 10.3. The van der Waals surface area contributed by atoms with Crippen molar-refractivity contribution in [3.8, 4) is 0 Å². The fourth-order valence-electron chi connectivity index (χ4n) is 1.16. The van der Waals surface area contributed by atoms with Gasteiger partial charge in [-0.2, -0.15) is 5.10 Å². The molecule has 4 heteroatoms. The second-order valence-electron chi connectivity index (χ2n) is 2.38. The van der Waals surface area contributed by atoms with Gasteiger partial charge in [0.2, 0.25) is 0 Å². The molecule has 0 aliphatic carbocycles. The van der Waals surface area contributed by atoms with Crippen molar-refractivity contribution in [2.24, 2.45) is 0 Å². The van der Waals surface area contributed by atoms with Crippen LogP contribution in [0.4, 0.5) is 5.82 Å². The monoisotopic (exact) mass is 155 g/mol. The van der Waals surface area contributed by atoms with E-state index < -0.39 is 0 Å². The van der Waals surface area contributed by atoms with E-state index in [-0.39, 0.29) is 0 Å². The summed E-state index contributed by atoms with van der Waals surface area (Å²) in [6.45, 7) is 2.06. The quantitative estimate of drug-likeness (QED) is 0.547. The van der Waals surface area contributed by atoms with Gasteiger partial charge in [0, 0.05) is 13.1 Å². The Morgan fingerprint density at radius 2 is 2.60 bits per heavy atom. The van der Waals surface area contributed by atoms with Crippen LogP contribution in [0.5, 0.6) is 0 Å². The summed E-state index contributed by atoms with van der Waals surface area (Å²) in [5.41, 5.74) is 0. The number of rotatable bonds is 0. The van der Waals surface area contributed by atoms with E-state index >= 15 is 0 Å². The maximum atomic E-state index is 4.24. The molecule has 1 aromatic rings. The maximum Gasteiger partial charge on any atom is 0.137 e. The van der Waals surface area contributed by atoms with Gasteiger partial charge < -0.3 is 5.32 Å². The van der Waals surface area contributed by atoms with Gasteiger partial charge in [-0.25, -0.2) is 4.68 Å². The molecular weight excluding hydrogens is 146 g/mol. The van der Waals surface area contributed by atoms with Crippen molar-refractivity contribution >= 4 is 18.4 Å². The molecule has 3 nitrogen and oxygen atoms in total. The first kappa shape index (κ1) is 6.09.